The smallest absolute Gasteiger partial charge is 0.234 e. The third kappa shape index (κ3) is 5.96. The van der Waals surface area contributed by atoms with E-state index in [4.69, 9.17) is 4.74 Å². The van der Waals surface area contributed by atoms with Crippen molar-refractivity contribution in [3.05, 3.63) is 102 Å². The molecule has 0 radical (unpaired) electrons. The van der Waals surface area contributed by atoms with Crippen molar-refractivity contribution >= 4 is 5.91 Å². The van der Waals surface area contributed by atoms with Gasteiger partial charge < -0.3 is 15.4 Å². The molecule has 0 aromatic heterocycles. The van der Waals surface area contributed by atoms with Crippen LogP contribution in [-0.2, 0) is 17.8 Å². The lowest BCUT2D eigenvalue weighted by Gasteiger charge is -2.19. The van der Waals surface area contributed by atoms with Gasteiger partial charge >= 0.3 is 0 Å². The summed E-state index contributed by atoms with van der Waals surface area (Å²) in [5.41, 5.74) is 3.42. The Morgan fingerprint density at radius 1 is 0.893 bits per heavy atom. The number of rotatable bonds is 9. The van der Waals surface area contributed by atoms with Gasteiger partial charge in [0.2, 0.25) is 5.91 Å². The van der Waals surface area contributed by atoms with Gasteiger partial charge in [-0.1, -0.05) is 72.8 Å². The fourth-order valence-electron chi connectivity index (χ4n) is 3.10. The van der Waals surface area contributed by atoms with Crippen molar-refractivity contribution in [1.29, 1.82) is 0 Å². The number of nitrogens with one attached hydrogen (secondary N) is 2. The van der Waals surface area contributed by atoms with E-state index in [-0.39, 0.29) is 18.5 Å². The quantitative estimate of drug-likeness (QED) is 0.597. The van der Waals surface area contributed by atoms with Gasteiger partial charge in [0.25, 0.3) is 0 Å². The number of carbonyl (C=O) groups is 1. The van der Waals surface area contributed by atoms with E-state index < -0.39 is 0 Å². The first kappa shape index (κ1) is 19.6. The molecule has 0 fully saturated rings. The fourth-order valence-corrected chi connectivity index (χ4v) is 3.10. The number of carbonyl (C=O) groups excluding carboxylic acids is 1. The molecular weight excluding hydrogens is 348 g/mol. The molecule has 2 N–H and O–H groups in total. The lowest BCUT2D eigenvalue weighted by molar-refractivity contribution is -0.120. The highest BCUT2D eigenvalue weighted by Crippen LogP contribution is 2.18. The number of hydrogen-bond acceptors (Lipinski definition) is 3. The maximum atomic E-state index is 12.4. The zero-order valence-corrected chi connectivity index (χ0v) is 16.1. The molecule has 1 amide bonds. The molecule has 3 aromatic carbocycles. The van der Waals surface area contributed by atoms with Gasteiger partial charge in [-0.25, -0.2) is 0 Å². The van der Waals surface area contributed by atoms with E-state index in [9.17, 15) is 4.79 Å². The van der Waals surface area contributed by atoms with Crippen LogP contribution < -0.4 is 15.4 Å². The summed E-state index contributed by atoms with van der Waals surface area (Å²) >= 11 is 0. The molecule has 0 aliphatic heterocycles. The normalized spacial score (nSPS) is 11.6. The zero-order valence-electron chi connectivity index (χ0n) is 16.1. The predicted octanol–water partition coefficient (Wildman–Crippen LogP) is 3.89. The molecule has 0 aliphatic carbocycles. The summed E-state index contributed by atoms with van der Waals surface area (Å²) in [6.45, 7) is 0.739. The minimum absolute atomic E-state index is 0.0307. The fraction of sp³-hybridized carbons (Fsp3) is 0.208. The average Bonchev–Trinajstić information content (AvgIpc) is 2.76. The minimum Gasteiger partial charge on any atom is -0.497 e. The second-order valence-corrected chi connectivity index (χ2v) is 6.66. The van der Waals surface area contributed by atoms with Crippen molar-refractivity contribution < 1.29 is 9.53 Å². The lowest BCUT2D eigenvalue weighted by atomic mass is 9.99. The summed E-state index contributed by atoms with van der Waals surface area (Å²) in [7, 11) is 1.64. The summed E-state index contributed by atoms with van der Waals surface area (Å²) < 4.78 is 5.22. The Morgan fingerprint density at radius 2 is 1.57 bits per heavy atom. The number of hydrogen-bond donors (Lipinski definition) is 2. The predicted molar refractivity (Wildman–Crippen MR) is 112 cm³/mol. The third-order valence-electron chi connectivity index (χ3n) is 4.62. The summed E-state index contributed by atoms with van der Waals surface area (Å²) in [6.07, 6.45) is 0.827. The number of amides is 1. The molecule has 0 bridgehead atoms. The molecule has 0 heterocycles. The molecule has 144 valence electrons. The average molecular weight is 374 g/mol. The van der Waals surface area contributed by atoms with Crippen LogP contribution in [0.5, 0.6) is 5.75 Å². The molecule has 3 aromatic rings. The van der Waals surface area contributed by atoms with Crippen LogP contribution in [0.25, 0.3) is 0 Å². The van der Waals surface area contributed by atoms with Gasteiger partial charge in [0.15, 0.2) is 0 Å². The van der Waals surface area contributed by atoms with Crippen LogP contribution in [0, 0.1) is 0 Å². The molecule has 28 heavy (non-hydrogen) atoms. The van der Waals surface area contributed by atoms with Crippen LogP contribution in [0.15, 0.2) is 84.9 Å². The molecule has 0 saturated carbocycles. The van der Waals surface area contributed by atoms with Gasteiger partial charge in [-0.2, -0.15) is 0 Å². The van der Waals surface area contributed by atoms with Crippen molar-refractivity contribution in [2.75, 3.05) is 13.7 Å². The first-order valence-corrected chi connectivity index (χ1v) is 9.46. The van der Waals surface area contributed by atoms with Gasteiger partial charge in [0.1, 0.15) is 5.75 Å². The SMILES string of the molecule is COc1cccc(CNC(=O)CNC(Cc2ccccc2)c2ccccc2)c1. The van der Waals surface area contributed by atoms with Gasteiger partial charge in [0, 0.05) is 12.6 Å². The number of ether oxygens (including phenoxy) is 1. The molecule has 0 aliphatic rings. The Morgan fingerprint density at radius 3 is 2.29 bits per heavy atom. The topological polar surface area (TPSA) is 50.4 Å². The highest BCUT2D eigenvalue weighted by molar-refractivity contribution is 5.78. The Hall–Kier alpha value is -3.11. The highest BCUT2D eigenvalue weighted by atomic mass is 16.5. The van der Waals surface area contributed by atoms with Crippen LogP contribution in [0.1, 0.15) is 22.7 Å². The Labute approximate surface area is 166 Å². The highest BCUT2D eigenvalue weighted by Gasteiger charge is 2.13. The Bertz CT molecular complexity index is 866. The maximum absolute atomic E-state index is 12.4. The number of benzene rings is 3. The Kier molecular flexibility index (Phi) is 7.21. The second-order valence-electron chi connectivity index (χ2n) is 6.66. The molecule has 4 nitrogen and oxygen atoms in total. The van der Waals surface area contributed by atoms with Crippen LogP contribution in [-0.4, -0.2) is 19.6 Å². The monoisotopic (exact) mass is 374 g/mol. The first-order valence-electron chi connectivity index (χ1n) is 9.46. The number of methoxy groups -OCH3 is 1. The second kappa shape index (κ2) is 10.3. The molecule has 1 atom stereocenters. The summed E-state index contributed by atoms with van der Waals surface area (Å²) in [6, 6.07) is 28.3. The maximum Gasteiger partial charge on any atom is 0.234 e. The van der Waals surface area contributed by atoms with E-state index in [2.05, 4.69) is 34.9 Å². The van der Waals surface area contributed by atoms with E-state index in [1.54, 1.807) is 7.11 Å². The largest absolute Gasteiger partial charge is 0.497 e. The summed E-state index contributed by atoms with van der Waals surface area (Å²) in [5, 5.41) is 6.37. The van der Waals surface area contributed by atoms with Gasteiger partial charge in [-0.15, -0.1) is 0 Å². The van der Waals surface area contributed by atoms with Crippen molar-refractivity contribution in [2.24, 2.45) is 0 Å². The van der Waals surface area contributed by atoms with Crippen molar-refractivity contribution in [3.63, 3.8) is 0 Å². The zero-order chi connectivity index (χ0) is 19.6. The van der Waals surface area contributed by atoms with Gasteiger partial charge in [-0.05, 0) is 35.2 Å². The van der Waals surface area contributed by atoms with Crippen molar-refractivity contribution in [3.8, 4) is 5.75 Å². The molecule has 3 rings (SSSR count). The van der Waals surface area contributed by atoms with E-state index in [0.717, 1.165) is 17.7 Å². The molecule has 4 heteroatoms. The summed E-state index contributed by atoms with van der Waals surface area (Å²) in [4.78, 5) is 12.4. The van der Waals surface area contributed by atoms with Crippen LogP contribution in [0.3, 0.4) is 0 Å². The molecular formula is C24H26N2O2. The van der Waals surface area contributed by atoms with Crippen LogP contribution in [0.4, 0.5) is 0 Å². The minimum atomic E-state index is -0.0307. The van der Waals surface area contributed by atoms with Crippen molar-refractivity contribution in [1.82, 2.24) is 10.6 Å². The molecule has 0 spiro atoms. The first-order chi connectivity index (χ1) is 13.7. The third-order valence-corrected chi connectivity index (χ3v) is 4.62. The van der Waals surface area contributed by atoms with E-state index in [0.29, 0.717) is 6.54 Å². The Balaban J connectivity index is 1.57. The van der Waals surface area contributed by atoms with Crippen LogP contribution >= 0.6 is 0 Å². The van der Waals surface area contributed by atoms with E-state index in [1.807, 2.05) is 60.7 Å². The lowest BCUT2D eigenvalue weighted by Crippen LogP contribution is -2.36. The standard InChI is InChI=1S/C24H26N2O2/c1-28-22-14-8-11-20(15-22)17-26-24(27)18-25-23(21-12-6-3-7-13-21)16-19-9-4-2-5-10-19/h2-15,23,25H,16-18H2,1H3,(H,26,27). The summed E-state index contributed by atoms with van der Waals surface area (Å²) in [5.74, 6) is 0.758. The van der Waals surface area contributed by atoms with Gasteiger partial charge in [-0.3, -0.25) is 4.79 Å². The molecule has 1 unspecified atom stereocenters. The van der Waals surface area contributed by atoms with Crippen LogP contribution in [0.2, 0.25) is 0 Å². The van der Waals surface area contributed by atoms with E-state index in [1.165, 1.54) is 11.1 Å². The van der Waals surface area contributed by atoms with E-state index >= 15 is 0 Å². The molecule has 0 saturated heterocycles. The van der Waals surface area contributed by atoms with Gasteiger partial charge in [0.05, 0.1) is 13.7 Å². The van der Waals surface area contributed by atoms with Crippen molar-refractivity contribution in [2.45, 2.75) is 19.0 Å².